The largest absolute Gasteiger partial charge is 0.439 e. The first-order valence-electron chi connectivity index (χ1n) is 13.0. The van der Waals surface area contributed by atoms with Crippen LogP contribution in [0.25, 0.3) is 0 Å². The highest BCUT2D eigenvalue weighted by Crippen LogP contribution is 2.38. The lowest BCUT2D eigenvalue weighted by molar-refractivity contribution is -0.137. The van der Waals surface area contributed by atoms with Crippen molar-refractivity contribution in [3.05, 3.63) is 58.3 Å². The van der Waals surface area contributed by atoms with Gasteiger partial charge in [-0.25, -0.2) is 9.78 Å². The first-order valence-corrected chi connectivity index (χ1v) is 13.0. The second-order valence-electron chi connectivity index (χ2n) is 10.3. The van der Waals surface area contributed by atoms with Gasteiger partial charge in [0, 0.05) is 44.4 Å². The highest BCUT2D eigenvalue weighted by atomic mass is 19.4. The summed E-state index contributed by atoms with van der Waals surface area (Å²) in [7, 11) is 0. The number of halogens is 3. The molecule has 4 rings (SSSR count). The third-order valence-electron chi connectivity index (χ3n) is 7.53. The third-order valence-corrected chi connectivity index (χ3v) is 7.53. The smallest absolute Gasteiger partial charge is 0.416 e. The Balaban J connectivity index is 1.58. The number of nitrogens with zero attached hydrogens (tertiary/aromatic N) is 4. The number of amides is 2. The van der Waals surface area contributed by atoms with Crippen LogP contribution in [0.1, 0.15) is 67.5 Å². The molecule has 3 heterocycles. The van der Waals surface area contributed by atoms with E-state index < -0.39 is 30.0 Å². The lowest BCUT2D eigenvalue weighted by atomic mass is 9.98. The lowest BCUT2D eigenvalue weighted by Crippen LogP contribution is -2.47. The Morgan fingerprint density at radius 3 is 2.42 bits per heavy atom. The van der Waals surface area contributed by atoms with Gasteiger partial charge in [-0.1, -0.05) is 11.6 Å². The van der Waals surface area contributed by atoms with Gasteiger partial charge in [0.25, 0.3) is 0 Å². The van der Waals surface area contributed by atoms with Crippen LogP contribution in [0.2, 0.25) is 0 Å². The van der Waals surface area contributed by atoms with Crippen molar-refractivity contribution < 1.29 is 27.5 Å². The Labute approximate surface area is 221 Å². The van der Waals surface area contributed by atoms with Gasteiger partial charge in [-0.15, -0.1) is 0 Å². The molecule has 1 aromatic carbocycles. The van der Waals surface area contributed by atoms with Gasteiger partial charge in [-0.3, -0.25) is 9.69 Å². The molecule has 0 N–H and O–H groups in total. The number of hydrogen-bond donors (Lipinski definition) is 0. The van der Waals surface area contributed by atoms with Crippen LogP contribution in [0.15, 0.2) is 30.5 Å². The maximum Gasteiger partial charge on any atom is 0.416 e. The molecule has 206 valence electrons. The number of likely N-dealkylation sites (tertiary alicyclic amines) is 1. The fourth-order valence-corrected chi connectivity index (χ4v) is 5.55. The van der Waals surface area contributed by atoms with Gasteiger partial charge in [0.05, 0.1) is 18.2 Å². The summed E-state index contributed by atoms with van der Waals surface area (Å²) in [4.78, 5) is 35.1. The molecule has 2 aliphatic rings. The molecule has 0 bridgehead atoms. The molecule has 0 spiro atoms. The number of aryl methyl sites for hydroxylation is 2. The van der Waals surface area contributed by atoms with Gasteiger partial charge in [0.1, 0.15) is 11.9 Å². The summed E-state index contributed by atoms with van der Waals surface area (Å²) in [6.07, 6.45) is -2.43. The Morgan fingerprint density at radius 1 is 1.13 bits per heavy atom. The number of piperidine rings is 1. The van der Waals surface area contributed by atoms with Crippen molar-refractivity contribution in [3.8, 4) is 0 Å². The van der Waals surface area contributed by atoms with E-state index in [0.29, 0.717) is 30.8 Å². The van der Waals surface area contributed by atoms with Crippen LogP contribution in [0.4, 0.5) is 23.8 Å². The monoisotopic (exact) mass is 532 g/mol. The predicted octanol–water partition coefficient (Wildman–Crippen LogP) is 5.64. The summed E-state index contributed by atoms with van der Waals surface area (Å²) in [5, 5.41) is 0. The number of anilines is 1. The molecular formula is C28H35F3N4O3. The zero-order chi connectivity index (χ0) is 27.8. The number of carbonyl (C=O) groups excluding carboxylic acids is 2. The number of pyridine rings is 1. The number of rotatable bonds is 6. The van der Waals surface area contributed by atoms with Crippen LogP contribution in [0, 0.1) is 13.8 Å². The Kier molecular flexibility index (Phi) is 7.90. The van der Waals surface area contributed by atoms with E-state index in [0.717, 1.165) is 41.9 Å². The van der Waals surface area contributed by atoms with E-state index in [1.165, 1.54) is 0 Å². The molecule has 2 atom stereocenters. The quantitative estimate of drug-likeness (QED) is 0.482. The van der Waals surface area contributed by atoms with Crippen LogP contribution in [0.3, 0.4) is 0 Å². The third kappa shape index (κ3) is 5.73. The standard InChI is InChI=1S/C28H35F3N4O3/c1-6-34(24-7-9-33(10-8-24)20(5)36)26-22(12-18(3)15-32-26)16-35-19(4)25(38-27(35)37)21-11-17(2)13-23(14-21)28(29,30)31/h11-15,19,24-25H,6-10,16H2,1-5H3/t19-,25-/m0/s1. The molecule has 0 saturated carbocycles. The number of benzene rings is 1. The normalized spacial score (nSPS) is 20.6. The molecule has 2 fully saturated rings. The minimum absolute atomic E-state index is 0.0766. The summed E-state index contributed by atoms with van der Waals surface area (Å²) >= 11 is 0. The van der Waals surface area contributed by atoms with Crippen LogP contribution in [-0.4, -0.2) is 58.5 Å². The summed E-state index contributed by atoms with van der Waals surface area (Å²) in [6.45, 7) is 11.3. The molecular weight excluding hydrogens is 497 g/mol. The van der Waals surface area contributed by atoms with Crippen molar-refractivity contribution >= 4 is 17.8 Å². The minimum Gasteiger partial charge on any atom is -0.439 e. The van der Waals surface area contributed by atoms with E-state index in [2.05, 4.69) is 11.8 Å². The predicted molar refractivity (Wildman–Crippen MR) is 138 cm³/mol. The van der Waals surface area contributed by atoms with Gasteiger partial charge in [0.2, 0.25) is 5.91 Å². The van der Waals surface area contributed by atoms with Gasteiger partial charge in [0.15, 0.2) is 0 Å². The second kappa shape index (κ2) is 10.8. The van der Waals surface area contributed by atoms with E-state index in [4.69, 9.17) is 9.72 Å². The molecule has 0 aliphatic carbocycles. The average Bonchev–Trinajstić information content (AvgIpc) is 3.13. The topological polar surface area (TPSA) is 66.0 Å². The maximum absolute atomic E-state index is 13.4. The first-order chi connectivity index (χ1) is 17.9. The lowest BCUT2D eigenvalue weighted by Gasteiger charge is -2.39. The van der Waals surface area contributed by atoms with Crippen LogP contribution in [0.5, 0.6) is 0 Å². The Hall–Kier alpha value is -3.30. The number of ether oxygens (including phenoxy) is 1. The molecule has 2 aromatic rings. The summed E-state index contributed by atoms with van der Waals surface area (Å²) in [6, 6.07) is 5.52. The van der Waals surface area contributed by atoms with E-state index in [-0.39, 0.29) is 18.5 Å². The highest BCUT2D eigenvalue weighted by Gasteiger charge is 2.41. The van der Waals surface area contributed by atoms with Gasteiger partial charge in [-0.2, -0.15) is 13.2 Å². The number of aromatic nitrogens is 1. The van der Waals surface area contributed by atoms with E-state index in [1.54, 1.807) is 37.9 Å². The van der Waals surface area contributed by atoms with Crippen molar-refractivity contribution in [3.63, 3.8) is 0 Å². The molecule has 2 aliphatic heterocycles. The van der Waals surface area contributed by atoms with Crippen molar-refractivity contribution in [2.45, 2.75) is 78.4 Å². The first kappa shape index (κ1) is 27.7. The zero-order valence-electron chi connectivity index (χ0n) is 22.5. The van der Waals surface area contributed by atoms with Crippen LogP contribution in [-0.2, 0) is 22.3 Å². The van der Waals surface area contributed by atoms with Crippen LogP contribution >= 0.6 is 0 Å². The summed E-state index contributed by atoms with van der Waals surface area (Å²) in [5.74, 6) is 0.852. The van der Waals surface area contributed by atoms with Crippen molar-refractivity contribution in [2.75, 3.05) is 24.5 Å². The SMILES string of the molecule is CCN(c1ncc(C)cc1CN1C(=O)O[C@H](c2cc(C)cc(C(F)(F)F)c2)[C@@H]1C)C1CCN(C(C)=O)CC1. The number of alkyl halides is 3. The summed E-state index contributed by atoms with van der Waals surface area (Å²) in [5.41, 5.74) is 1.82. The van der Waals surface area contributed by atoms with Gasteiger partial charge < -0.3 is 14.5 Å². The van der Waals surface area contributed by atoms with Crippen molar-refractivity contribution in [1.82, 2.24) is 14.8 Å². The fourth-order valence-electron chi connectivity index (χ4n) is 5.55. The van der Waals surface area contributed by atoms with Crippen molar-refractivity contribution in [1.29, 1.82) is 0 Å². The Bertz CT molecular complexity index is 1190. The van der Waals surface area contributed by atoms with Crippen LogP contribution < -0.4 is 4.90 Å². The second-order valence-corrected chi connectivity index (χ2v) is 10.3. The van der Waals surface area contributed by atoms with E-state index in [9.17, 15) is 22.8 Å². The molecule has 2 saturated heterocycles. The molecule has 38 heavy (non-hydrogen) atoms. The van der Waals surface area contributed by atoms with Gasteiger partial charge >= 0.3 is 12.3 Å². The molecule has 7 nitrogen and oxygen atoms in total. The molecule has 0 unspecified atom stereocenters. The average molecular weight is 533 g/mol. The molecule has 1 aromatic heterocycles. The van der Waals surface area contributed by atoms with Gasteiger partial charge in [-0.05, 0) is 69.9 Å². The molecule has 2 amide bonds. The zero-order valence-corrected chi connectivity index (χ0v) is 22.5. The van der Waals surface area contributed by atoms with Crippen molar-refractivity contribution in [2.24, 2.45) is 0 Å². The molecule has 10 heteroatoms. The minimum atomic E-state index is -4.49. The van der Waals surface area contributed by atoms with E-state index in [1.807, 2.05) is 17.9 Å². The highest BCUT2D eigenvalue weighted by molar-refractivity contribution is 5.73. The summed E-state index contributed by atoms with van der Waals surface area (Å²) < 4.78 is 45.9. The number of hydrogen-bond acceptors (Lipinski definition) is 5. The van der Waals surface area contributed by atoms with E-state index >= 15 is 0 Å². The molecule has 0 radical (unpaired) electrons. The fraction of sp³-hybridized carbons (Fsp3) is 0.536. The number of cyclic esters (lactones) is 1. The maximum atomic E-state index is 13.4. The number of carbonyl (C=O) groups is 2. The Morgan fingerprint density at radius 2 is 1.82 bits per heavy atom.